The Bertz CT molecular complexity index is 3450. The summed E-state index contributed by atoms with van der Waals surface area (Å²) in [6.45, 7) is 30.9. The minimum atomic E-state index is -0.439. The standard InChI is InChI=1S/C40H42O4.C37H44O4/c1-21-13-31(14-22(2)37(21)41)35(32-15-23(3)38(42)24(4)16-32)29-9-11-30(12-10-29)36(33-17-25(5)39(43)26(6)18-33)34-19-27(7)40(44)28(8)20-34;1-21-13-29(14-22(2)33(21)38)9-11-37(31-17-25(5)35(40)26(6)18-31,32-19-27(7)36(41)28(8)20-32)12-10-30-15-23(3)34(39)24(4)16-30/h9-20,35-36,41-44H,1-8H3;13-20,38-41H,9-12H2,1-8H3. The molecule has 85 heavy (non-hydrogen) atoms. The Balaban J connectivity index is 0.000000222. The van der Waals surface area contributed by atoms with Crippen LogP contribution in [0.3, 0.4) is 0 Å². The maximum Gasteiger partial charge on any atom is 0.121 e. The fraction of sp³-hybridized carbons (Fsp3) is 0.299. The molecule has 442 valence electrons. The lowest BCUT2D eigenvalue weighted by Crippen LogP contribution is -2.30. The normalized spacial score (nSPS) is 11.6. The van der Waals surface area contributed by atoms with Gasteiger partial charge in [0.25, 0.3) is 0 Å². The number of hydrogen-bond donors (Lipinski definition) is 8. The van der Waals surface area contributed by atoms with Crippen LogP contribution < -0.4 is 0 Å². The Morgan fingerprint density at radius 3 is 0.588 bits per heavy atom. The third kappa shape index (κ3) is 12.9. The molecule has 0 radical (unpaired) electrons. The van der Waals surface area contributed by atoms with Crippen molar-refractivity contribution in [1.82, 2.24) is 0 Å². The van der Waals surface area contributed by atoms with Gasteiger partial charge in [0.2, 0.25) is 0 Å². The van der Waals surface area contributed by atoms with Crippen molar-refractivity contribution in [3.63, 3.8) is 0 Å². The van der Waals surface area contributed by atoms with E-state index in [9.17, 15) is 40.9 Å². The van der Waals surface area contributed by atoms with Gasteiger partial charge in [0, 0.05) is 17.3 Å². The van der Waals surface area contributed by atoms with Crippen molar-refractivity contribution in [2.24, 2.45) is 0 Å². The van der Waals surface area contributed by atoms with Crippen molar-refractivity contribution >= 4 is 0 Å². The number of phenolic OH excluding ortho intramolecular Hbond substituents is 8. The van der Waals surface area contributed by atoms with Gasteiger partial charge in [0.1, 0.15) is 46.0 Å². The summed E-state index contributed by atoms with van der Waals surface area (Å²) in [5.41, 5.74) is 24.0. The van der Waals surface area contributed by atoms with E-state index in [4.69, 9.17) is 0 Å². The predicted octanol–water partition coefficient (Wildman–Crippen LogP) is 17.9. The van der Waals surface area contributed by atoms with Gasteiger partial charge < -0.3 is 40.9 Å². The highest BCUT2D eigenvalue weighted by molar-refractivity contribution is 5.58. The van der Waals surface area contributed by atoms with Crippen molar-refractivity contribution in [1.29, 1.82) is 0 Å². The van der Waals surface area contributed by atoms with Crippen molar-refractivity contribution in [2.75, 3.05) is 0 Å². The second kappa shape index (κ2) is 24.9. The molecule has 9 aromatic rings. The monoisotopic (exact) mass is 1140 g/mol. The van der Waals surface area contributed by atoms with Crippen molar-refractivity contribution in [3.05, 3.63) is 266 Å². The van der Waals surface area contributed by atoms with Gasteiger partial charge >= 0.3 is 0 Å². The average Bonchev–Trinajstić information content (AvgIpc) is 2.48. The maximum absolute atomic E-state index is 10.7. The molecule has 0 aromatic heterocycles. The summed E-state index contributed by atoms with van der Waals surface area (Å²) in [5.74, 6) is 2.31. The number of rotatable bonds is 14. The topological polar surface area (TPSA) is 162 Å². The molecule has 8 nitrogen and oxygen atoms in total. The Morgan fingerprint density at radius 2 is 0.400 bits per heavy atom. The van der Waals surface area contributed by atoms with Gasteiger partial charge in [-0.2, -0.15) is 0 Å². The number of aryl methyl sites for hydroxylation is 18. The van der Waals surface area contributed by atoms with Gasteiger partial charge in [0.05, 0.1) is 0 Å². The van der Waals surface area contributed by atoms with E-state index in [1.54, 1.807) is 0 Å². The van der Waals surface area contributed by atoms with Gasteiger partial charge in [-0.25, -0.2) is 0 Å². The fourth-order valence-electron chi connectivity index (χ4n) is 13.1. The molecule has 0 saturated heterocycles. The molecule has 8 heteroatoms. The van der Waals surface area contributed by atoms with E-state index in [0.29, 0.717) is 46.0 Å². The zero-order chi connectivity index (χ0) is 62.3. The Morgan fingerprint density at radius 1 is 0.235 bits per heavy atom. The Kier molecular flexibility index (Phi) is 18.3. The van der Waals surface area contributed by atoms with Crippen LogP contribution in [0.1, 0.15) is 169 Å². The van der Waals surface area contributed by atoms with E-state index >= 15 is 0 Å². The van der Waals surface area contributed by atoms with E-state index in [1.165, 1.54) is 0 Å². The van der Waals surface area contributed by atoms with E-state index in [2.05, 4.69) is 72.8 Å². The molecular weight excluding hydrogens is 1050 g/mol. The molecule has 0 spiro atoms. The molecule has 0 heterocycles. The molecule has 9 rings (SSSR count). The zero-order valence-corrected chi connectivity index (χ0v) is 52.6. The molecule has 8 N–H and O–H groups in total. The summed E-state index contributed by atoms with van der Waals surface area (Å²) in [4.78, 5) is 0. The van der Waals surface area contributed by atoms with Crippen LogP contribution in [0.5, 0.6) is 46.0 Å². The highest BCUT2D eigenvalue weighted by atomic mass is 16.3. The molecule has 0 unspecified atom stereocenters. The second-order valence-electron chi connectivity index (χ2n) is 24.7. The van der Waals surface area contributed by atoms with Crippen LogP contribution in [-0.2, 0) is 18.3 Å². The molecule has 0 fully saturated rings. The molecule has 0 saturated carbocycles. The van der Waals surface area contributed by atoms with Crippen LogP contribution in [0.25, 0.3) is 0 Å². The van der Waals surface area contributed by atoms with Crippen molar-refractivity contribution < 1.29 is 40.9 Å². The molecule has 0 atom stereocenters. The molecule has 0 aliphatic rings. The SMILES string of the molecule is Cc1cc(C(c2ccc(C(c3cc(C)c(O)c(C)c3)c3cc(C)c(O)c(C)c3)cc2)c2cc(C)c(O)c(C)c2)cc(C)c1O.Cc1cc(CCC(CCc2cc(C)c(O)c(C)c2)(c2cc(C)c(O)c(C)c2)c2cc(C)c(O)c(C)c2)cc(C)c1O. The summed E-state index contributed by atoms with van der Waals surface area (Å²) in [5, 5.41) is 84.4. The largest absolute Gasteiger partial charge is 0.507 e. The van der Waals surface area contributed by atoms with Crippen molar-refractivity contribution in [2.45, 2.75) is 154 Å². The molecular formula is C77H86O8. The van der Waals surface area contributed by atoms with E-state index in [0.717, 1.165) is 170 Å². The van der Waals surface area contributed by atoms with E-state index < -0.39 is 5.41 Å². The van der Waals surface area contributed by atoms with Crippen LogP contribution in [0, 0.1) is 111 Å². The van der Waals surface area contributed by atoms with Crippen LogP contribution in [-0.4, -0.2) is 40.9 Å². The summed E-state index contributed by atoms with van der Waals surface area (Å²) < 4.78 is 0. The van der Waals surface area contributed by atoms with Gasteiger partial charge in [-0.1, -0.05) is 121 Å². The van der Waals surface area contributed by atoms with E-state index in [-0.39, 0.29) is 11.8 Å². The fourth-order valence-corrected chi connectivity index (χ4v) is 13.1. The second-order valence-corrected chi connectivity index (χ2v) is 24.7. The zero-order valence-electron chi connectivity index (χ0n) is 52.6. The van der Waals surface area contributed by atoms with Crippen LogP contribution in [0.2, 0.25) is 0 Å². The first-order valence-electron chi connectivity index (χ1n) is 29.5. The van der Waals surface area contributed by atoms with E-state index in [1.807, 2.05) is 159 Å². The molecule has 0 aliphatic carbocycles. The van der Waals surface area contributed by atoms with Gasteiger partial charge in [0.15, 0.2) is 0 Å². The first-order chi connectivity index (χ1) is 40.0. The van der Waals surface area contributed by atoms with Crippen LogP contribution in [0.15, 0.2) is 121 Å². The molecule has 0 aliphatic heterocycles. The smallest absolute Gasteiger partial charge is 0.121 e. The first-order valence-corrected chi connectivity index (χ1v) is 29.5. The Hall–Kier alpha value is -8.62. The maximum atomic E-state index is 10.7. The first kappa shape index (κ1) is 62.4. The summed E-state index contributed by atoms with van der Waals surface area (Å²) in [6, 6.07) is 41.8. The average molecular weight is 1140 g/mol. The third-order valence-corrected chi connectivity index (χ3v) is 17.9. The minimum absolute atomic E-state index is 0.116. The summed E-state index contributed by atoms with van der Waals surface area (Å²) >= 11 is 0. The van der Waals surface area contributed by atoms with Gasteiger partial charge in [-0.05, 0) is 281 Å². The minimum Gasteiger partial charge on any atom is -0.507 e. The lowest BCUT2D eigenvalue weighted by atomic mass is 9.66. The Labute approximate surface area is 504 Å². The van der Waals surface area contributed by atoms with Gasteiger partial charge in [-0.15, -0.1) is 0 Å². The number of aromatic hydroxyl groups is 8. The lowest BCUT2D eigenvalue weighted by molar-refractivity contribution is 0.427. The highest BCUT2D eigenvalue weighted by Gasteiger charge is 2.36. The lowest BCUT2D eigenvalue weighted by Gasteiger charge is -2.37. The third-order valence-electron chi connectivity index (χ3n) is 17.9. The highest BCUT2D eigenvalue weighted by Crippen LogP contribution is 2.47. The van der Waals surface area contributed by atoms with Crippen LogP contribution >= 0.6 is 0 Å². The quantitative estimate of drug-likeness (QED) is 0.0499. The van der Waals surface area contributed by atoms with Gasteiger partial charge in [-0.3, -0.25) is 0 Å². The number of benzene rings is 9. The van der Waals surface area contributed by atoms with Crippen LogP contribution in [0.4, 0.5) is 0 Å². The van der Waals surface area contributed by atoms with Crippen molar-refractivity contribution in [3.8, 4) is 46.0 Å². The number of hydrogen-bond acceptors (Lipinski definition) is 8. The molecule has 0 amide bonds. The summed E-state index contributed by atoms with van der Waals surface area (Å²) in [6.07, 6.45) is 3.15. The number of phenols is 8. The summed E-state index contributed by atoms with van der Waals surface area (Å²) in [7, 11) is 0. The predicted molar refractivity (Wildman–Crippen MR) is 346 cm³/mol. The molecule has 0 bridgehead atoms. The molecule has 9 aromatic carbocycles.